The van der Waals surface area contributed by atoms with Crippen molar-refractivity contribution in [2.75, 3.05) is 5.32 Å². The van der Waals surface area contributed by atoms with E-state index in [1.54, 1.807) is 11.0 Å². The predicted molar refractivity (Wildman–Crippen MR) is 75.5 cm³/mol. The van der Waals surface area contributed by atoms with Crippen molar-refractivity contribution >= 4 is 17.0 Å². The highest BCUT2D eigenvalue weighted by Crippen LogP contribution is 2.21. The Balaban J connectivity index is 1.80. The van der Waals surface area contributed by atoms with Crippen LogP contribution in [0.1, 0.15) is 9.75 Å². The zero-order valence-corrected chi connectivity index (χ0v) is 11.2. The lowest BCUT2D eigenvalue weighted by molar-refractivity contribution is 0.789. The van der Waals surface area contributed by atoms with Gasteiger partial charge in [0, 0.05) is 11.4 Å². The third-order valence-corrected chi connectivity index (χ3v) is 3.71. The zero-order valence-electron chi connectivity index (χ0n) is 10.4. The van der Waals surface area contributed by atoms with Crippen molar-refractivity contribution in [1.82, 2.24) is 20.2 Å². The van der Waals surface area contributed by atoms with Gasteiger partial charge in [-0.25, -0.2) is 0 Å². The van der Waals surface area contributed by atoms with E-state index in [4.69, 9.17) is 5.26 Å². The normalized spacial score (nSPS) is 10.2. The van der Waals surface area contributed by atoms with Crippen LogP contribution in [0.25, 0.3) is 5.69 Å². The number of nitrogens with zero attached hydrogens (tertiary/aromatic N) is 5. The minimum Gasteiger partial charge on any atom is -0.378 e. The highest BCUT2D eigenvalue weighted by molar-refractivity contribution is 7.12. The first kappa shape index (κ1) is 12.3. The van der Waals surface area contributed by atoms with Crippen LogP contribution >= 0.6 is 11.3 Å². The maximum Gasteiger partial charge on any atom is 0.143 e. The predicted octanol–water partition coefficient (Wildman–Crippen LogP) is 2.21. The van der Waals surface area contributed by atoms with E-state index >= 15 is 0 Å². The molecule has 0 saturated heterocycles. The molecule has 0 amide bonds. The van der Waals surface area contributed by atoms with Crippen molar-refractivity contribution in [1.29, 1.82) is 5.26 Å². The first-order valence-corrected chi connectivity index (χ1v) is 6.73. The monoisotopic (exact) mass is 282 g/mol. The maximum absolute atomic E-state index is 8.82. The summed E-state index contributed by atoms with van der Waals surface area (Å²) in [7, 11) is 0. The van der Waals surface area contributed by atoms with Crippen molar-refractivity contribution in [3.05, 3.63) is 52.5 Å². The second kappa shape index (κ2) is 5.50. The Kier molecular flexibility index (Phi) is 3.39. The second-order valence-corrected chi connectivity index (χ2v) is 5.17. The Morgan fingerprint density at radius 3 is 2.90 bits per heavy atom. The SMILES string of the molecule is N#Cc1ccc(CNc2ccccc2-n2cnnn2)s1. The van der Waals surface area contributed by atoms with Gasteiger partial charge in [0.25, 0.3) is 0 Å². The Labute approximate surface area is 119 Å². The average Bonchev–Trinajstić information content (AvgIpc) is 3.17. The lowest BCUT2D eigenvalue weighted by Crippen LogP contribution is -2.04. The van der Waals surface area contributed by atoms with Crippen LogP contribution in [0.5, 0.6) is 0 Å². The van der Waals surface area contributed by atoms with Gasteiger partial charge in [-0.2, -0.15) is 9.94 Å². The fourth-order valence-corrected chi connectivity index (χ4v) is 2.55. The first-order chi connectivity index (χ1) is 9.86. The molecule has 0 aliphatic carbocycles. The van der Waals surface area contributed by atoms with E-state index in [-0.39, 0.29) is 0 Å². The summed E-state index contributed by atoms with van der Waals surface area (Å²) in [5.41, 5.74) is 1.82. The van der Waals surface area contributed by atoms with Crippen LogP contribution in [0.4, 0.5) is 5.69 Å². The van der Waals surface area contributed by atoms with Crippen molar-refractivity contribution in [3.63, 3.8) is 0 Å². The fraction of sp³-hybridized carbons (Fsp3) is 0.0769. The van der Waals surface area contributed by atoms with Gasteiger partial charge < -0.3 is 5.32 Å². The van der Waals surface area contributed by atoms with Gasteiger partial charge in [0.1, 0.15) is 17.3 Å². The lowest BCUT2D eigenvalue weighted by Gasteiger charge is -2.10. The Morgan fingerprint density at radius 1 is 1.25 bits per heavy atom. The molecule has 2 heterocycles. The molecule has 3 aromatic rings. The molecular formula is C13H10N6S. The van der Waals surface area contributed by atoms with E-state index < -0.39 is 0 Å². The van der Waals surface area contributed by atoms with Crippen LogP contribution in [0.3, 0.4) is 0 Å². The third kappa shape index (κ3) is 2.50. The molecule has 0 saturated carbocycles. The number of anilines is 1. The lowest BCUT2D eigenvalue weighted by atomic mass is 10.2. The van der Waals surface area contributed by atoms with E-state index in [0.29, 0.717) is 6.54 Å². The van der Waals surface area contributed by atoms with Crippen LogP contribution in [0.15, 0.2) is 42.7 Å². The molecule has 0 unspecified atom stereocenters. The van der Waals surface area contributed by atoms with Gasteiger partial charge in [-0.15, -0.1) is 16.4 Å². The van der Waals surface area contributed by atoms with E-state index in [2.05, 4.69) is 26.9 Å². The Morgan fingerprint density at radius 2 is 2.15 bits per heavy atom. The average molecular weight is 282 g/mol. The highest BCUT2D eigenvalue weighted by atomic mass is 32.1. The molecule has 20 heavy (non-hydrogen) atoms. The van der Waals surface area contributed by atoms with E-state index in [0.717, 1.165) is 21.1 Å². The van der Waals surface area contributed by atoms with Crippen molar-refractivity contribution in [2.45, 2.75) is 6.54 Å². The zero-order chi connectivity index (χ0) is 13.8. The van der Waals surface area contributed by atoms with Gasteiger partial charge in [-0.3, -0.25) is 0 Å². The van der Waals surface area contributed by atoms with E-state index in [1.807, 2.05) is 36.4 Å². The molecule has 0 spiro atoms. The molecule has 0 radical (unpaired) electrons. The highest BCUT2D eigenvalue weighted by Gasteiger charge is 2.06. The van der Waals surface area contributed by atoms with Crippen LogP contribution in [0, 0.1) is 11.3 Å². The number of tetrazole rings is 1. The van der Waals surface area contributed by atoms with E-state index in [9.17, 15) is 0 Å². The van der Waals surface area contributed by atoms with Crippen molar-refractivity contribution in [3.8, 4) is 11.8 Å². The summed E-state index contributed by atoms with van der Waals surface area (Å²) in [6, 6.07) is 13.7. The molecule has 0 fully saturated rings. The summed E-state index contributed by atoms with van der Waals surface area (Å²) in [5.74, 6) is 0. The molecule has 0 aliphatic rings. The van der Waals surface area contributed by atoms with Crippen LogP contribution < -0.4 is 5.32 Å². The molecule has 3 rings (SSSR count). The molecular weight excluding hydrogens is 272 g/mol. The van der Waals surface area contributed by atoms with Gasteiger partial charge in [0.15, 0.2) is 0 Å². The summed E-state index contributed by atoms with van der Waals surface area (Å²) < 4.78 is 1.61. The summed E-state index contributed by atoms with van der Waals surface area (Å²) in [6.45, 7) is 0.658. The van der Waals surface area contributed by atoms with E-state index in [1.165, 1.54) is 11.3 Å². The fourth-order valence-electron chi connectivity index (χ4n) is 1.81. The van der Waals surface area contributed by atoms with Crippen LogP contribution in [-0.4, -0.2) is 20.2 Å². The minimum atomic E-state index is 0.658. The van der Waals surface area contributed by atoms with Gasteiger partial charge in [-0.05, 0) is 34.7 Å². The first-order valence-electron chi connectivity index (χ1n) is 5.92. The summed E-state index contributed by atoms with van der Waals surface area (Å²) in [5, 5.41) is 23.3. The second-order valence-electron chi connectivity index (χ2n) is 4.00. The van der Waals surface area contributed by atoms with Gasteiger partial charge in [0.05, 0.1) is 11.4 Å². The number of aromatic nitrogens is 4. The maximum atomic E-state index is 8.82. The molecule has 0 aliphatic heterocycles. The van der Waals surface area contributed by atoms with Crippen LogP contribution in [0.2, 0.25) is 0 Å². The summed E-state index contributed by atoms with van der Waals surface area (Å²) >= 11 is 1.48. The Bertz CT molecular complexity index is 740. The van der Waals surface area contributed by atoms with Gasteiger partial charge in [-0.1, -0.05) is 12.1 Å². The molecule has 6 nitrogen and oxygen atoms in total. The number of thiophene rings is 1. The number of nitrogens with one attached hydrogen (secondary N) is 1. The number of rotatable bonds is 4. The molecule has 7 heteroatoms. The number of nitriles is 1. The number of benzene rings is 1. The standard InChI is InChI=1S/C13H10N6S/c14-7-10-5-6-11(20-10)8-15-12-3-1-2-4-13(12)19-9-16-17-18-19/h1-6,9,15H,8H2. The molecule has 1 aromatic carbocycles. The summed E-state index contributed by atoms with van der Waals surface area (Å²) in [4.78, 5) is 1.82. The third-order valence-electron chi connectivity index (χ3n) is 2.72. The number of hydrogen-bond acceptors (Lipinski definition) is 6. The summed E-state index contributed by atoms with van der Waals surface area (Å²) in [6.07, 6.45) is 1.56. The smallest absolute Gasteiger partial charge is 0.143 e. The molecule has 2 aromatic heterocycles. The number of hydrogen-bond donors (Lipinski definition) is 1. The molecule has 0 atom stereocenters. The Hall–Kier alpha value is -2.72. The number of para-hydroxylation sites is 2. The topological polar surface area (TPSA) is 79.4 Å². The largest absolute Gasteiger partial charge is 0.378 e. The van der Waals surface area contributed by atoms with Crippen LogP contribution in [-0.2, 0) is 6.54 Å². The van der Waals surface area contributed by atoms with Gasteiger partial charge >= 0.3 is 0 Å². The quantitative estimate of drug-likeness (QED) is 0.793. The molecule has 1 N–H and O–H groups in total. The van der Waals surface area contributed by atoms with Crippen molar-refractivity contribution < 1.29 is 0 Å². The minimum absolute atomic E-state index is 0.658. The molecule has 98 valence electrons. The van der Waals surface area contributed by atoms with Gasteiger partial charge in [0.2, 0.25) is 0 Å². The molecule has 0 bridgehead atoms. The van der Waals surface area contributed by atoms with Crippen molar-refractivity contribution in [2.24, 2.45) is 0 Å².